The maximum absolute atomic E-state index is 10.3. The monoisotopic (exact) mass is 254 g/mol. The molecule has 0 aliphatic heterocycles. The van der Waals surface area contributed by atoms with E-state index >= 15 is 0 Å². The van der Waals surface area contributed by atoms with Gasteiger partial charge in [0.2, 0.25) is 0 Å². The predicted octanol–water partition coefficient (Wildman–Crippen LogP) is 5.48. The molecule has 0 aliphatic carbocycles. The molecule has 0 radical (unpaired) electrons. The lowest BCUT2D eigenvalue weighted by molar-refractivity contribution is 0.0359. The zero-order chi connectivity index (χ0) is 13.9. The normalized spacial score (nSPS) is 16.9. The smallest absolute Gasteiger partial charge is 0.0619 e. The van der Waals surface area contributed by atoms with Crippen LogP contribution in [0.5, 0.6) is 0 Å². The SMILES string of the molecule is CC=CCCC(C)CCCC(C)(O)CCCCC. The molecule has 0 aromatic heterocycles. The molecule has 108 valence electrons. The van der Waals surface area contributed by atoms with E-state index in [1.54, 1.807) is 0 Å². The molecule has 18 heavy (non-hydrogen) atoms. The summed E-state index contributed by atoms with van der Waals surface area (Å²) in [6.45, 7) is 8.63. The second kappa shape index (κ2) is 10.6. The minimum Gasteiger partial charge on any atom is -0.390 e. The number of hydrogen-bond donors (Lipinski definition) is 1. The topological polar surface area (TPSA) is 20.2 Å². The lowest BCUT2D eigenvalue weighted by Gasteiger charge is -2.24. The van der Waals surface area contributed by atoms with E-state index in [0.29, 0.717) is 0 Å². The van der Waals surface area contributed by atoms with Gasteiger partial charge in [-0.05, 0) is 45.4 Å². The van der Waals surface area contributed by atoms with Gasteiger partial charge in [-0.3, -0.25) is 0 Å². The molecule has 2 atom stereocenters. The van der Waals surface area contributed by atoms with Gasteiger partial charge in [-0.2, -0.15) is 0 Å². The molecular formula is C17H34O. The standard InChI is InChI=1S/C17H34O/c1-5-7-9-12-16(3)13-11-15-17(4,18)14-10-8-6-2/h5,7,16,18H,6,8-15H2,1-4H3. The largest absolute Gasteiger partial charge is 0.390 e. The maximum atomic E-state index is 10.3. The Morgan fingerprint density at radius 1 is 1.11 bits per heavy atom. The summed E-state index contributed by atoms with van der Waals surface area (Å²) >= 11 is 0. The average Bonchev–Trinajstić information content (AvgIpc) is 2.29. The number of unbranched alkanes of at least 4 members (excludes halogenated alkanes) is 2. The Kier molecular flexibility index (Phi) is 10.4. The summed E-state index contributed by atoms with van der Waals surface area (Å²) in [5, 5.41) is 10.3. The second-order valence-corrected chi connectivity index (χ2v) is 6.10. The van der Waals surface area contributed by atoms with E-state index < -0.39 is 5.60 Å². The van der Waals surface area contributed by atoms with E-state index in [9.17, 15) is 5.11 Å². The third-order valence-electron chi connectivity index (χ3n) is 3.79. The Morgan fingerprint density at radius 3 is 2.39 bits per heavy atom. The molecule has 0 rings (SSSR count). The van der Waals surface area contributed by atoms with Crippen LogP contribution in [0, 0.1) is 5.92 Å². The van der Waals surface area contributed by atoms with Crippen LogP contribution in [0.2, 0.25) is 0 Å². The average molecular weight is 254 g/mol. The number of hydrogen-bond acceptors (Lipinski definition) is 1. The van der Waals surface area contributed by atoms with Crippen molar-refractivity contribution >= 4 is 0 Å². The van der Waals surface area contributed by atoms with Crippen LogP contribution < -0.4 is 0 Å². The minimum absolute atomic E-state index is 0.432. The van der Waals surface area contributed by atoms with Crippen molar-refractivity contribution in [1.29, 1.82) is 0 Å². The van der Waals surface area contributed by atoms with Gasteiger partial charge in [0.15, 0.2) is 0 Å². The number of allylic oxidation sites excluding steroid dienone is 2. The summed E-state index contributed by atoms with van der Waals surface area (Å²) in [4.78, 5) is 0. The Bertz CT molecular complexity index is 206. The molecule has 0 bridgehead atoms. The van der Waals surface area contributed by atoms with Crippen LogP contribution in [0.3, 0.4) is 0 Å². The molecule has 0 spiro atoms. The van der Waals surface area contributed by atoms with E-state index in [-0.39, 0.29) is 0 Å². The molecule has 0 aliphatic rings. The van der Waals surface area contributed by atoms with Gasteiger partial charge in [0.1, 0.15) is 0 Å². The van der Waals surface area contributed by atoms with Crippen molar-refractivity contribution < 1.29 is 5.11 Å². The number of rotatable bonds is 11. The highest BCUT2D eigenvalue weighted by Gasteiger charge is 2.19. The molecule has 0 aromatic rings. The van der Waals surface area contributed by atoms with Crippen molar-refractivity contribution in [2.45, 2.75) is 91.1 Å². The van der Waals surface area contributed by atoms with E-state index in [0.717, 1.165) is 25.2 Å². The third-order valence-corrected chi connectivity index (χ3v) is 3.79. The van der Waals surface area contributed by atoms with E-state index in [2.05, 4.69) is 32.9 Å². The van der Waals surface area contributed by atoms with E-state index in [1.807, 2.05) is 6.92 Å². The second-order valence-electron chi connectivity index (χ2n) is 6.10. The van der Waals surface area contributed by atoms with Gasteiger partial charge in [0.25, 0.3) is 0 Å². The summed E-state index contributed by atoms with van der Waals surface area (Å²) < 4.78 is 0. The Hall–Kier alpha value is -0.300. The molecule has 0 fully saturated rings. The molecule has 0 saturated heterocycles. The van der Waals surface area contributed by atoms with Crippen LogP contribution in [0.15, 0.2) is 12.2 Å². The zero-order valence-electron chi connectivity index (χ0n) is 13.0. The molecule has 2 unspecified atom stereocenters. The highest BCUT2D eigenvalue weighted by atomic mass is 16.3. The molecular weight excluding hydrogens is 220 g/mol. The first-order chi connectivity index (χ1) is 8.52. The highest BCUT2D eigenvalue weighted by molar-refractivity contribution is 4.78. The Balaban J connectivity index is 3.61. The molecule has 0 amide bonds. The summed E-state index contributed by atoms with van der Waals surface area (Å²) in [7, 11) is 0. The fourth-order valence-electron chi connectivity index (χ4n) is 2.40. The van der Waals surface area contributed by atoms with Gasteiger partial charge in [0.05, 0.1) is 5.60 Å². The quantitative estimate of drug-likeness (QED) is 0.382. The van der Waals surface area contributed by atoms with Crippen molar-refractivity contribution in [2.24, 2.45) is 5.92 Å². The van der Waals surface area contributed by atoms with Crippen LogP contribution >= 0.6 is 0 Å². The van der Waals surface area contributed by atoms with Crippen molar-refractivity contribution in [2.75, 3.05) is 0 Å². The summed E-state index contributed by atoms with van der Waals surface area (Å²) in [5.74, 6) is 0.785. The Labute approximate surface area is 115 Å². The van der Waals surface area contributed by atoms with Crippen molar-refractivity contribution in [3.63, 3.8) is 0 Å². The van der Waals surface area contributed by atoms with Crippen LogP contribution in [-0.4, -0.2) is 10.7 Å². The van der Waals surface area contributed by atoms with E-state index in [1.165, 1.54) is 38.5 Å². The molecule has 0 saturated carbocycles. The van der Waals surface area contributed by atoms with Crippen molar-refractivity contribution in [3.8, 4) is 0 Å². The van der Waals surface area contributed by atoms with Crippen LogP contribution in [0.4, 0.5) is 0 Å². The lowest BCUT2D eigenvalue weighted by Crippen LogP contribution is -2.23. The predicted molar refractivity (Wildman–Crippen MR) is 81.8 cm³/mol. The van der Waals surface area contributed by atoms with Gasteiger partial charge < -0.3 is 5.11 Å². The molecule has 0 aromatic carbocycles. The van der Waals surface area contributed by atoms with Crippen molar-refractivity contribution in [3.05, 3.63) is 12.2 Å². The van der Waals surface area contributed by atoms with Gasteiger partial charge in [-0.1, -0.05) is 58.1 Å². The van der Waals surface area contributed by atoms with Gasteiger partial charge in [-0.15, -0.1) is 0 Å². The first kappa shape index (κ1) is 17.7. The molecule has 1 N–H and O–H groups in total. The van der Waals surface area contributed by atoms with Crippen LogP contribution in [0.1, 0.15) is 85.5 Å². The fourth-order valence-corrected chi connectivity index (χ4v) is 2.40. The zero-order valence-corrected chi connectivity index (χ0v) is 13.0. The highest BCUT2D eigenvalue weighted by Crippen LogP contribution is 2.23. The van der Waals surface area contributed by atoms with E-state index in [4.69, 9.17) is 0 Å². The number of aliphatic hydroxyl groups is 1. The molecule has 0 heterocycles. The summed E-state index contributed by atoms with van der Waals surface area (Å²) in [6.07, 6.45) is 14.8. The maximum Gasteiger partial charge on any atom is 0.0619 e. The molecule has 1 nitrogen and oxygen atoms in total. The van der Waals surface area contributed by atoms with Gasteiger partial charge in [-0.25, -0.2) is 0 Å². The fraction of sp³-hybridized carbons (Fsp3) is 0.882. The first-order valence-corrected chi connectivity index (χ1v) is 7.85. The van der Waals surface area contributed by atoms with Gasteiger partial charge >= 0.3 is 0 Å². The van der Waals surface area contributed by atoms with Crippen LogP contribution in [-0.2, 0) is 0 Å². The lowest BCUT2D eigenvalue weighted by atomic mass is 9.90. The minimum atomic E-state index is -0.432. The summed E-state index contributed by atoms with van der Waals surface area (Å²) in [6, 6.07) is 0. The van der Waals surface area contributed by atoms with Gasteiger partial charge in [0, 0.05) is 0 Å². The van der Waals surface area contributed by atoms with Crippen molar-refractivity contribution in [1.82, 2.24) is 0 Å². The summed E-state index contributed by atoms with van der Waals surface area (Å²) in [5.41, 5.74) is -0.432. The Morgan fingerprint density at radius 2 is 1.78 bits per heavy atom. The van der Waals surface area contributed by atoms with Crippen LogP contribution in [0.25, 0.3) is 0 Å². The molecule has 1 heteroatoms. The first-order valence-electron chi connectivity index (χ1n) is 7.85. The third kappa shape index (κ3) is 10.8.